The van der Waals surface area contributed by atoms with Crippen molar-refractivity contribution in [2.24, 2.45) is 5.41 Å². The number of halogens is 1. The van der Waals surface area contributed by atoms with E-state index in [-0.39, 0.29) is 24.3 Å². The number of nitro groups is 1. The lowest BCUT2D eigenvalue weighted by atomic mass is 9.86. The largest absolute Gasteiger partial charge is 0.396 e. The molecular weight excluding hydrogens is 213 g/mol. The number of nitrogens with zero attached hydrogens (tertiary/aromatic N) is 1. The first-order valence-corrected chi connectivity index (χ1v) is 4.90. The summed E-state index contributed by atoms with van der Waals surface area (Å²) in [6, 6.07) is 3.77. The molecule has 0 radical (unpaired) electrons. The minimum Gasteiger partial charge on any atom is -0.396 e. The Morgan fingerprint density at radius 3 is 2.62 bits per heavy atom. The predicted octanol–water partition coefficient (Wildman–Crippen LogP) is 2.29. The van der Waals surface area contributed by atoms with Crippen LogP contribution in [0.3, 0.4) is 0 Å². The summed E-state index contributed by atoms with van der Waals surface area (Å²) in [5, 5.41) is 19.8. The zero-order valence-electron chi connectivity index (χ0n) is 9.24. The summed E-state index contributed by atoms with van der Waals surface area (Å²) >= 11 is 0. The molecule has 0 aliphatic carbocycles. The summed E-state index contributed by atoms with van der Waals surface area (Å²) in [5.41, 5.74) is -0.763. The highest BCUT2D eigenvalue weighted by atomic mass is 19.1. The third-order valence-electron chi connectivity index (χ3n) is 2.37. The fraction of sp³-hybridized carbons (Fsp3) is 0.455. The Labute approximate surface area is 92.9 Å². The van der Waals surface area contributed by atoms with E-state index in [2.05, 4.69) is 0 Å². The second-order valence-corrected chi connectivity index (χ2v) is 4.49. The number of hydrogen-bond donors (Lipinski definition) is 1. The van der Waals surface area contributed by atoms with Crippen LogP contribution in [0.15, 0.2) is 18.2 Å². The van der Waals surface area contributed by atoms with E-state index in [0.717, 1.165) is 0 Å². The van der Waals surface area contributed by atoms with Crippen LogP contribution in [0.2, 0.25) is 0 Å². The molecule has 16 heavy (non-hydrogen) atoms. The average molecular weight is 227 g/mol. The van der Waals surface area contributed by atoms with Crippen molar-refractivity contribution in [3.05, 3.63) is 39.7 Å². The van der Waals surface area contributed by atoms with Gasteiger partial charge in [0.15, 0.2) is 0 Å². The maximum absolute atomic E-state index is 13.5. The van der Waals surface area contributed by atoms with Gasteiger partial charge in [-0.15, -0.1) is 0 Å². The van der Waals surface area contributed by atoms with Crippen LogP contribution < -0.4 is 0 Å². The molecule has 0 heterocycles. The zero-order chi connectivity index (χ0) is 12.3. The monoisotopic (exact) mass is 227 g/mol. The van der Waals surface area contributed by atoms with E-state index in [9.17, 15) is 14.5 Å². The Morgan fingerprint density at radius 2 is 2.12 bits per heavy atom. The molecule has 0 spiro atoms. The molecule has 1 rings (SSSR count). The van der Waals surface area contributed by atoms with Gasteiger partial charge in [0.05, 0.1) is 10.5 Å². The first-order valence-electron chi connectivity index (χ1n) is 4.90. The van der Waals surface area contributed by atoms with Crippen molar-refractivity contribution < 1.29 is 14.4 Å². The number of benzene rings is 1. The minimum atomic E-state index is -0.605. The van der Waals surface area contributed by atoms with E-state index in [1.807, 2.05) is 0 Å². The van der Waals surface area contributed by atoms with E-state index < -0.39 is 16.2 Å². The third-order valence-corrected chi connectivity index (χ3v) is 2.37. The van der Waals surface area contributed by atoms with Gasteiger partial charge in [-0.3, -0.25) is 10.1 Å². The van der Waals surface area contributed by atoms with E-state index in [4.69, 9.17) is 5.11 Å². The molecule has 4 nitrogen and oxygen atoms in total. The molecule has 0 bridgehead atoms. The van der Waals surface area contributed by atoms with Crippen LogP contribution in [0, 0.1) is 21.3 Å². The number of hydrogen-bond acceptors (Lipinski definition) is 3. The SMILES string of the molecule is CC(C)(CO)Cc1c(F)cccc1[N+](=O)[O-]. The molecule has 1 aromatic carbocycles. The summed E-state index contributed by atoms with van der Waals surface area (Å²) in [5.74, 6) is -0.601. The number of aliphatic hydroxyl groups excluding tert-OH is 1. The Morgan fingerprint density at radius 1 is 1.50 bits per heavy atom. The van der Waals surface area contributed by atoms with Crippen molar-refractivity contribution in [3.8, 4) is 0 Å². The van der Waals surface area contributed by atoms with Gasteiger partial charge in [0.1, 0.15) is 5.82 Å². The standard InChI is InChI=1S/C11H14FNO3/c1-11(2,7-14)6-8-9(12)4-3-5-10(8)13(15)16/h3-5,14H,6-7H2,1-2H3. The van der Waals surface area contributed by atoms with Gasteiger partial charge in [-0.1, -0.05) is 19.9 Å². The first kappa shape index (κ1) is 12.6. The van der Waals surface area contributed by atoms with Crippen LogP contribution in [-0.2, 0) is 6.42 Å². The molecule has 0 saturated heterocycles. The molecule has 0 atom stereocenters. The third kappa shape index (κ3) is 2.76. The molecule has 0 aliphatic heterocycles. The van der Waals surface area contributed by atoms with E-state index in [0.29, 0.717) is 0 Å². The van der Waals surface area contributed by atoms with Gasteiger partial charge in [0.25, 0.3) is 5.69 Å². The van der Waals surface area contributed by atoms with Crippen molar-refractivity contribution in [1.29, 1.82) is 0 Å². The summed E-state index contributed by atoms with van der Waals surface area (Å²) < 4.78 is 13.5. The molecule has 1 aromatic rings. The van der Waals surface area contributed by atoms with Gasteiger partial charge >= 0.3 is 0 Å². The highest BCUT2D eigenvalue weighted by Gasteiger charge is 2.25. The lowest BCUT2D eigenvalue weighted by Crippen LogP contribution is -2.21. The quantitative estimate of drug-likeness (QED) is 0.634. The van der Waals surface area contributed by atoms with E-state index in [1.165, 1.54) is 18.2 Å². The van der Waals surface area contributed by atoms with E-state index in [1.54, 1.807) is 13.8 Å². The normalized spacial score (nSPS) is 11.5. The molecule has 88 valence electrons. The molecule has 0 unspecified atom stereocenters. The topological polar surface area (TPSA) is 63.4 Å². The molecule has 1 N–H and O–H groups in total. The summed E-state index contributed by atoms with van der Waals surface area (Å²) in [7, 11) is 0. The summed E-state index contributed by atoms with van der Waals surface area (Å²) in [6.45, 7) is 3.30. The van der Waals surface area contributed by atoms with Crippen molar-refractivity contribution in [2.45, 2.75) is 20.3 Å². The summed E-state index contributed by atoms with van der Waals surface area (Å²) in [6.07, 6.45) is 0.131. The van der Waals surface area contributed by atoms with Crippen molar-refractivity contribution in [2.75, 3.05) is 6.61 Å². The van der Waals surface area contributed by atoms with Crippen LogP contribution in [0.5, 0.6) is 0 Å². The maximum Gasteiger partial charge on any atom is 0.275 e. The molecule has 0 amide bonds. The Kier molecular flexibility index (Phi) is 3.59. The Bertz CT molecular complexity index is 404. The first-order chi connectivity index (χ1) is 7.37. The van der Waals surface area contributed by atoms with Crippen LogP contribution in [0.4, 0.5) is 10.1 Å². The lowest BCUT2D eigenvalue weighted by Gasteiger charge is -2.21. The highest BCUT2D eigenvalue weighted by Crippen LogP contribution is 2.29. The Balaban J connectivity index is 3.16. The van der Waals surface area contributed by atoms with Crippen molar-refractivity contribution in [1.82, 2.24) is 0 Å². The van der Waals surface area contributed by atoms with Gasteiger partial charge in [-0.2, -0.15) is 0 Å². The molecule has 5 heteroatoms. The smallest absolute Gasteiger partial charge is 0.275 e. The summed E-state index contributed by atoms with van der Waals surface area (Å²) in [4.78, 5) is 10.1. The fourth-order valence-corrected chi connectivity index (χ4v) is 1.43. The molecule has 0 saturated carbocycles. The maximum atomic E-state index is 13.5. The second kappa shape index (κ2) is 4.57. The van der Waals surface area contributed by atoms with Crippen LogP contribution in [0.25, 0.3) is 0 Å². The molecule has 0 fully saturated rings. The van der Waals surface area contributed by atoms with Crippen molar-refractivity contribution in [3.63, 3.8) is 0 Å². The predicted molar refractivity (Wildman–Crippen MR) is 57.6 cm³/mol. The average Bonchev–Trinajstić information content (AvgIpc) is 2.20. The van der Waals surface area contributed by atoms with Gasteiger partial charge in [0.2, 0.25) is 0 Å². The highest BCUT2D eigenvalue weighted by molar-refractivity contribution is 5.41. The van der Waals surface area contributed by atoms with Crippen LogP contribution in [0.1, 0.15) is 19.4 Å². The minimum absolute atomic E-state index is 0.0477. The van der Waals surface area contributed by atoms with Gasteiger partial charge < -0.3 is 5.11 Å². The Hall–Kier alpha value is -1.49. The zero-order valence-corrected chi connectivity index (χ0v) is 9.24. The second-order valence-electron chi connectivity index (χ2n) is 4.49. The molecular formula is C11H14FNO3. The molecule has 0 aliphatic rings. The number of aliphatic hydroxyl groups is 1. The van der Waals surface area contributed by atoms with Crippen LogP contribution in [-0.4, -0.2) is 16.6 Å². The molecule has 0 aromatic heterocycles. The number of rotatable bonds is 4. The van der Waals surface area contributed by atoms with Gasteiger partial charge in [-0.05, 0) is 17.9 Å². The van der Waals surface area contributed by atoms with Gasteiger partial charge in [-0.25, -0.2) is 4.39 Å². The number of nitro benzene ring substituents is 1. The van der Waals surface area contributed by atoms with Crippen molar-refractivity contribution >= 4 is 5.69 Å². The fourth-order valence-electron chi connectivity index (χ4n) is 1.43. The van der Waals surface area contributed by atoms with Gasteiger partial charge in [0, 0.05) is 12.7 Å². The lowest BCUT2D eigenvalue weighted by molar-refractivity contribution is -0.385. The van der Waals surface area contributed by atoms with E-state index >= 15 is 0 Å². The van der Waals surface area contributed by atoms with Crippen LogP contribution >= 0.6 is 0 Å².